The van der Waals surface area contributed by atoms with Crippen molar-refractivity contribution in [3.8, 4) is 0 Å². The van der Waals surface area contributed by atoms with Crippen LogP contribution in [0.2, 0.25) is 0 Å². The van der Waals surface area contributed by atoms with E-state index in [0.29, 0.717) is 13.0 Å². The molecule has 0 heterocycles. The molecule has 0 radical (unpaired) electrons. The third-order valence-corrected chi connectivity index (χ3v) is 9.09. The van der Waals surface area contributed by atoms with Crippen molar-refractivity contribution < 1.29 is 19.4 Å². The Morgan fingerprint density at radius 1 is 0.436 bits per heavy atom. The van der Waals surface area contributed by atoms with E-state index in [-0.39, 0.29) is 19.2 Å². The van der Waals surface area contributed by atoms with Gasteiger partial charge in [-0.25, -0.2) is 0 Å². The summed E-state index contributed by atoms with van der Waals surface area (Å²) in [7, 11) is 0. The first kappa shape index (κ1) is 52.0. The van der Waals surface area contributed by atoms with Crippen LogP contribution in [-0.2, 0) is 14.3 Å². The molecule has 0 saturated carbocycles. The van der Waals surface area contributed by atoms with Crippen LogP contribution in [0.4, 0.5) is 0 Å². The van der Waals surface area contributed by atoms with Gasteiger partial charge in [-0.2, -0.15) is 0 Å². The zero-order valence-electron chi connectivity index (χ0n) is 35.6. The lowest BCUT2D eigenvalue weighted by Gasteiger charge is -2.15. The number of hydrogen-bond donors (Lipinski definition) is 1. The molecule has 0 spiro atoms. The van der Waals surface area contributed by atoms with E-state index < -0.39 is 6.10 Å². The molecule has 0 aliphatic rings. The number of aliphatic hydroxyl groups excluding tert-OH is 1. The molecule has 0 aromatic rings. The third kappa shape index (κ3) is 45.3. The summed E-state index contributed by atoms with van der Waals surface area (Å²) in [5.41, 5.74) is 0. The van der Waals surface area contributed by atoms with Gasteiger partial charge in [-0.15, -0.1) is 0 Å². The van der Waals surface area contributed by atoms with Gasteiger partial charge in [0.1, 0.15) is 6.10 Å². The highest BCUT2D eigenvalue weighted by molar-refractivity contribution is 5.69. The molecule has 0 aliphatic carbocycles. The van der Waals surface area contributed by atoms with Crippen LogP contribution in [0.3, 0.4) is 0 Å². The van der Waals surface area contributed by atoms with Crippen molar-refractivity contribution in [1.29, 1.82) is 0 Å². The number of esters is 1. The van der Waals surface area contributed by atoms with Crippen LogP contribution in [0.5, 0.6) is 0 Å². The zero-order valence-corrected chi connectivity index (χ0v) is 35.6. The van der Waals surface area contributed by atoms with Gasteiger partial charge < -0.3 is 14.6 Å². The number of ether oxygens (including phenoxy) is 2. The Morgan fingerprint density at radius 3 is 1.15 bits per heavy atom. The number of aliphatic hydroxyl groups is 1. The maximum Gasteiger partial charge on any atom is 0.306 e. The van der Waals surface area contributed by atoms with Gasteiger partial charge in [-0.05, 0) is 96.3 Å². The van der Waals surface area contributed by atoms with Gasteiger partial charge in [0.2, 0.25) is 0 Å². The van der Waals surface area contributed by atoms with E-state index in [9.17, 15) is 9.90 Å². The van der Waals surface area contributed by atoms with Crippen LogP contribution in [0.1, 0.15) is 181 Å². The second-order valence-electron chi connectivity index (χ2n) is 14.4. The molecule has 0 saturated heterocycles. The highest BCUT2D eigenvalue weighted by Gasteiger charge is 2.13. The largest absolute Gasteiger partial charge is 0.457 e. The molecule has 1 unspecified atom stereocenters. The summed E-state index contributed by atoms with van der Waals surface area (Å²) < 4.78 is 11.2. The molecule has 1 atom stereocenters. The van der Waals surface area contributed by atoms with Crippen LogP contribution in [0.25, 0.3) is 0 Å². The number of carbonyl (C=O) groups is 1. The molecular weight excluding hydrogens is 677 g/mol. The van der Waals surface area contributed by atoms with E-state index in [1.807, 2.05) is 0 Å². The van der Waals surface area contributed by atoms with Crippen LogP contribution in [0.15, 0.2) is 109 Å². The first-order valence-corrected chi connectivity index (χ1v) is 22.5. The topological polar surface area (TPSA) is 55.8 Å². The molecule has 0 rings (SSSR count). The van der Waals surface area contributed by atoms with Gasteiger partial charge in [-0.1, -0.05) is 187 Å². The summed E-state index contributed by atoms with van der Waals surface area (Å²) in [4.78, 5) is 12.2. The minimum Gasteiger partial charge on any atom is -0.457 e. The van der Waals surface area contributed by atoms with E-state index in [1.165, 1.54) is 64.2 Å². The van der Waals surface area contributed by atoms with Crippen LogP contribution < -0.4 is 0 Å². The van der Waals surface area contributed by atoms with Gasteiger partial charge in [0.25, 0.3) is 0 Å². The minimum atomic E-state index is -0.555. The normalized spacial score (nSPS) is 13.4. The number of carbonyl (C=O) groups excluding carboxylic acids is 1. The molecule has 0 bridgehead atoms. The van der Waals surface area contributed by atoms with Gasteiger partial charge in [0, 0.05) is 13.0 Å². The average Bonchev–Trinajstić information content (AvgIpc) is 3.19. The number of unbranched alkanes of at least 4 members (excludes halogenated alkanes) is 14. The Morgan fingerprint density at radius 2 is 0.764 bits per heavy atom. The summed E-state index contributed by atoms with van der Waals surface area (Å²) in [6.45, 7) is 5.07. The molecule has 0 aromatic heterocycles. The van der Waals surface area contributed by atoms with Crippen molar-refractivity contribution in [3.05, 3.63) is 109 Å². The summed E-state index contributed by atoms with van der Waals surface area (Å²) in [6.07, 6.45) is 68.6. The molecule has 0 fully saturated rings. The molecule has 0 amide bonds. The summed E-state index contributed by atoms with van der Waals surface area (Å²) in [6, 6.07) is 0. The Bertz CT molecular complexity index is 1070. The van der Waals surface area contributed by atoms with Gasteiger partial charge in [0.15, 0.2) is 0 Å². The van der Waals surface area contributed by atoms with Crippen molar-refractivity contribution >= 4 is 5.97 Å². The maximum atomic E-state index is 12.2. The molecule has 0 aliphatic heterocycles. The number of rotatable bonds is 40. The molecule has 55 heavy (non-hydrogen) atoms. The highest BCUT2D eigenvalue weighted by atomic mass is 16.6. The molecule has 0 aromatic carbocycles. The lowest BCUT2D eigenvalue weighted by atomic mass is 10.1. The fourth-order valence-electron chi connectivity index (χ4n) is 5.82. The second-order valence-corrected chi connectivity index (χ2v) is 14.4. The third-order valence-electron chi connectivity index (χ3n) is 9.09. The zero-order chi connectivity index (χ0) is 39.8. The monoisotopic (exact) mass is 761 g/mol. The quantitative estimate of drug-likeness (QED) is 0.0384. The molecule has 1 N–H and O–H groups in total. The number of hydrogen-bond acceptors (Lipinski definition) is 4. The predicted octanol–water partition coefficient (Wildman–Crippen LogP) is 15.1. The molecule has 4 heteroatoms. The van der Waals surface area contributed by atoms with E-state index >= 15 is 0 Å². The molecule has 4 nitrogen and oxygen atoms in total. The second kappa shape index (κ2) is 47.2. The Kier molecular flexibility index (Phi) is 44.7. The van der Waals surface area contributed by atoms with E-state index in [1.54, 1.807) is 0 Å². The predicted molar refractivity (Wildman–Crippen MR) is 241 cm³/mol. The minimum absolute atomic E-state index is 0.188. The van der Waals surface area contributed by atoms with Crippen molar-refractivity contribution in [1.82, 2.24) is 0 Å². The highest BCUT2D eigenvalue weighted by Crippen LogP contribution is 2.12. The summed E-state index contributed by atoms with van der Waals surface area (Å²) >= 11 is 0. The van der Waals surface area contributed by atoms with Crippen molar-refractivity contribution in [2.75, 3.05) is 19.8 Å². The molecular formula is C51H84O4. The van der Waals surface area contributed by atoms with E-state index in [0.717, 1.165) is 96.3 Å². The Balaban J connectivity index is 3.52. The summed E-state index contributed by atoms with van der Waals surface area (Å²) in [5.74, 6) is -0.222. The lowest BCUT2D eigenvalue weighted by Crippen LogP contribution is -2.27. The first-order chi connectivity index (χ1) is 27.2. The fraction of sp³-hybridized carbons (Fsp3) is 0.627. The van der Waals surface area contributed by atoms with Gasteiger partial charge in [-0.3, -0.25) is 4.79 Å². The van der Waals surface area contributed by atoms with E-state index in [2.05, 4.69) is 123 Å². The van der Waals surface area contributed by atoms with Crippen molar-refractivity contribution in [2.45, 2.75) is 187 Å². The van der Waals surface area contributed by atoms with Crippen molar-refractivity contribution in [2.24, 2.45) is 0 Å². The van der Waals surface area contributed by atoms with E-state index in [4.69, 9.17) is 9.47 Å². The van der Waals surface area contributed by atoms with Crippen molar-refractivity contribution in [3.63, 3.8) is 0 Å². The lowest BCUT2D eigenvalue weighted by molar-refractivity contribution is -0.154. The summed E-state index contributed by atoms with van der Waals surface area (Å²) in [5, 5.41) is 9.62. The smallest absolute Gasteiger partial charge is 0.306 e. The maximum absolute atomic E-state index is 12.2. The average molecular weight is 761 g/mol. The van der Waals surface area contributed by atoms with Crippen LogP contribution in [-0.4, -0.2) is 37.0 Å². The Labute approximate surface area is 340 Å². The fourth-order valence-corrected chi connectivity index (χ4v) is 5.82. The molecule has 312 valence electrons. The first-order valence-electron chi connectivity index (χ1n) is 22.5. The van der Waals surface area contributed by atoms with Gasteiger partial charge in [0.05, 0.1) is 13.2 Å². The van der Waals surface area contributed by atoms with Crippen LogP contribution >= 0.6 is 0 Å². The van der Waals surface area contributed by atoms with Crippen LogP contribution in [0, 0.1) is 0 Å². The standard InChI is InChI=1S/C51H84O4/c1-3-5-7-9-11-13-15-17-19-21-23-24-25-26-27-29-31-33-35-37-39-41-43-45-47-54-49-50(48-52)55-51(53)46-44-42-40-38-36-34-32-30-28-22-20-18-16-14-12-10-8-6-4-2/h5-8,11-14,17-20,23-24,26-28,30,50,52H,3-4,9-10,15-16,21-22,25,29,31-49H2,1-2H3/b7-5-,8-6-,13-11-,14-12-,19-17-,20-18-,24-23-,27-26-,30-28-. The number of allylic oxidation sites excluding steroid dienone is 18. The Hall–Kier alpha value is -2.95. The van der Waals surface area contributed by atoms with Gasteiger partial charge >= 0.3 is 5.97 Å². The SMILES string of the molecule is CC/C=C\C/C=C\C/C=C\C/C=C\C/C=C\CCCCCCCCCCOCC(CO)OC(=O)CCCCCCCC/C=C\C/C=C\C/C=C\C/C=C\CC.